The van der Waals surface area contributed by atoms with Gasteiger partial charge < -0.3 is 15.2 Å². The lowest BCUT2D eigenvalue weighted by molar-refractivity contribution is -0.118. The Balaban J connectivity index is 2.15. The summed E-state index contributed by atoms with van der Waals surface area (Å²) in [7, 11) is 0. The van der Waals surface area contributed by atoms with E-state index in [1.807, 2.05) is 37.3 Å². The molecule has 6 heteroatoms. The number of hydrogen-bond acceptors (Lipinski definition) is 3. The van der Waals surface area contributed by atoms with Crippen LogP contribution in [0.1, 0.15) is 29.3 Å². The number of aromatic nitrogens is 1. The number of nitrogens with zero attached hydrogens (tertiary/aromatic N) is 2. The summed E-state index contributed by atoms with van der Waals surface area (Å²) in [5, 5.41) is 0. The third-order valence-electron chi connectivity index (χ3n) is 4.01. The second kappa shape index (κ2) is 8.82. The van der Waals surface area contributed by atoms with Gasteiger partial charge in [0.2, 0.25) is 5.91 Å². The van der Waals surface area contributed by atoms with Crippen molar-refractivity contribution in [3.05, 3.63) is 70.1 Å². The van der Waals surface area contributed by atoms with Crippen molar-refractivity contribution in [1.82, 2.24) is 9.47 Å². The highest BCUT2D eigenvalue weighted by Gasteiger charge is 2.17. The maximum absolute atomic E-state index is 12.8. The highest BCUT2D eigenvalue weighted by Crippen LogP contribution is 2.07. The minimum Gasteiger partial charge on any atom is -0.370 e. The average Bonchev–Trinajstić information content (AvgIpc) is 2.62. The zero-order chi connectivity index (χ0) is 18.2. The number of rotatable bonds is 8. The molecule has 0 unspecified atom stereocenters. The van der Waals surface area contributed by atoms with E-state index in [0.29, 0.717) is 25.1 Å². The molecule has 2 N–H and O–H groups in total. The van der Waals surface area contributed by atoms with Gasteiger partial charge in [-0.25, -0.2) is 0 Å². The molecule has 0 spiro atoms. The second-order valence-corrected chi connectivity index (χ2v) is 5.78. The molecule has 0 saturated heterocycles. The first-order valence-corrected chi connectivity index (χ1v) is 8.33. The number of carbonyl (C=O) groups is 2. The monoisotopic (exact) mass is 341 g/mol. The highest BCUT2D eigenvalue weighted by molar-refractivity contribution is 5.94. The van der Waals surface area contributed by atoms with E-state index in [4.69, 9.17) is 5.73 Å². The van der Waals surface area contributed by atoms with Crippen LogP contribution in [-0.2, 0) is 17.8 Å². The van der Waals surface area contributed by atoms with E-state index in [2.05, 4.69) is 0 Å². The van der Waals surface area contributed by atoms with Crippen LogP contribution in [0.25, 0.3) is 0 Å². The number of pyridine rings is 1. The van der Waals surface area contributed by atoms with Crippen LogP contribution in [0.3, 0.4) is 0 Å². The summed E-state index contributed by atoms with van der Waals surface area (Å²) in [4.78, 5) is 37.4. The maximum atomic E-state index is 12.8. The van der Waals surface area contributed by atoms with Gasteiger partial charge in [-0.2, -0.15) is 0 Å². The molecule has 0 aliphatic carbocycles. The van der Waals surface area contributed by atoms with Gasteiger partial charge in [-0.15, -0.1) is 0 Å². The predicted molar refractivity (Wildman–Crippen MR) is 96.2 cm³/mol. The van der Waals surface area contributed by atoms with Gasteiger partial charge >= 0.3 is 0 Å². The minimum atomic E-state index is -0.459. The third kappa shape index (κ3) is 5.31. The molecule has 0 saturated carbocycles. The summed E-state index contributed by atoms with van der Waals surface area (Å²) >= 11 is 0. The van der Waals surface area contributed by atoms with E-state index in [-0.39, 0.29) is 24.4 Å². The summed E-state index contributed by atoms with van der Waals surface area (Å²) < 4.78 is 1.52. The average molecular weight is 341 g/mol. The van der Waals surface area contributed by atoms with Gasteiger partial charge in [0.05, 0.1) is 0 Å². The van der Waals surface area contributed by atoms with E-state index >= 15 is 0 Å². The Morgan fingerprint density at radius 3 is 2.44 bits per heavy atom. The van der Waals surface area contributed by atoms with E-state index in [9.17, 15) is 14.4 Å². The van der Waals surface area contributed by atoms with Crippen molar-refractivity contribution in [2.45, 2.75) is 26.3 Å². The molecule has 0 aliphatic heterocycles. The number of carbonyl (C=O) groups excluding carboxylic acids is 2. The lowest BCUT2D eigenvalue weighted by atomic mass is 10.1. The number of amides is 2. The van der Waals surface area contributed by atoms with Crippen LogP contribution in [0.4, 0.5) is 0 Å². The second-order valence-electron chi connectivity index (χ2n) is 5.78. The van der Waals surface area contributed by atoms with Crippen LogP contribution in [0.5, 0.6) is 0 Å². The van der Waals surface area contributed by atoms with Crippen molar-refractivity contribution in [3.8, 4) is 0 Å². The standard InChI is InChI=1S/C19H23N3O3/c1-2-21-12-9-16(14-18(21)24)19(25)22(13-10-17(20)23)11-8-15-6-4-3-5-7-15/h3-7,9,12,14H,2,8,10-11,13H2,1H3,(H2,20,23). The van der Waals surface area contributed by atoms with E-state index in [0.717, 1.165) is 5.56 Å². The fourth-order valence-electron chi connectivity index (χ4n) is 2.55. The van der Waals surface area contributed by atoms with Crippen molar-refractivity contribution in [2.75, 3.05) is 13.1 Å². The maximum Gasteiger partial charge on any atom is 0.254 e. The lowest BCUT2D eigenvalue weighted by Crippen LogP contribution is -2.36. The van der Waals surface area contributed by atoms with Crippen molar-refractivity contribution >= 4 is 11.8 Å². The van der Waals surface area contributed by atoms with Gasteiger partial charge in [0.1, 0.15) is 0 Å². The third-order valence-corrected chi connectivity index (χ3v) is 4.01. The van der Waals surface area contributed by atoms with Crippen molar-refractivity contribution < 1.29 is 9.59 Å². The fraction of sp³-hybridized carbons (Fsp3) is 0.316. The quantitative estimate of drug-likeness (QED) is 0.788. The first kappa shape index (κ1) is 18.4. The predicted octanol–water partition coefficient (Wildman–Crippen LogP) is 1.43. The molecule has 0 fully saturated rings. The SMILES string of the molecule is CCn1ccc(C(=O)N(CCC(N)=O)CCc2ccccc2)cc1=O. The zero-order valence-corrected chi connectivity index (χ0v) is 14.4. The van der Waals surface area contributed by atoms with Gasteiger partial charge in [0.25, 0.3) is 11.5 Å². The topological polar surface area (TPSA) is 85.4 Å². The fourth-order valence-corrected chi connectivity index (χ4v) is 2.55. The molecule has 0 aliphatic rings. The summed E-state index contributed by atoms with van der Waals surface area (Å²) in [6, 6.07) is 12.8. The van der Waals surface area contributed by atoms with Crippen LogP contribution in [0.15, 0.2) is 53.5 Å². The van der Waals surface area contributed by atoms with Crippen LogP contribution >= 0.6 is 0 Å². The first-order valence-electron chi connectivity index (χ1n) is 8.33. The molecule has 2 rings (SSSR count). The molecule has 1 aromatic heterocycles. The number of hydrogen-bond donors (Lipinski definition) is 1. The summed E-state index contributed by atoms with van der Waals surface area (Å²) in [6.07, 6.45) is 2.36. The molecule has 25 heavy (non-hydrogen) atoms. The molecule has 0 bridgehead atoms. The van der Waals surface area contributed by atoms with E-state index < -0.39 is 5.91 Å². The molecule has 132 valence electrons. The zero-order valence-electron chi connectivity index (χ0n) is 14.4. The molecule has 0 radical (unpaired) electrons. The van der Waals surface area contributed by atoms with Gasteiger partial charge in [0.15, 0.2) is 0 Å². The van der Waals surface area contributed by atoms with Gasteiger partial charge in [0, 0.05) is 43.9 Å². The molecule has 1 heterocycles. The van der Waals surface area contributed by atoms with Gasteiger partial charge in [-0.1, -0.05) is 30.3 Å². The molecular formula is C19H23N3O3. The summed E-state index contributed by atoms with van der Waals surface area (Å²) in [5.41, 5.74) is 6.43. The summed E-state index contributed by atoms with van der Waals surface area (Å²) in [6.45, 7) is 3.10. The number of nitrogens with two attached hydrogens (primary N) is 1. The van der Waals surface area contributed by atoms with Crippen molar-refractivity contribution in [3.63, 3.8) is 0 Å². The highest BCUT2D eigenvalue weighted by atomic mass is 16.2. The Morgan fingerprint density at radius 2 is 1.84 bits per heavy atom. The molecule has 6 nitrogen and oxygen atoms in total. The minimum absolute atomic E-state index is 0.0898. The van der Waals surface area contributed by atoms with Gasteiger partial charge in [-0.05, 0) is 25.0 Å². The lowest BCUT2D eigenvalue weighted by Gasteiger charge is -2.22. The number of primary amides is 1. The molecule has 0 atom stereocenters. The normalized spacial score (nSPS) is 10.4. The molecule has 2 aromatic rings. The van der Waals surface area contributed by atoms with E-state index in [1.165, 1.54) is 10.6 Å². The first-order chi connectivity index (χ1) is 12.0. The van der Waals surface area contributed by atoms with Gasteiger partial charge in [-0.3, -0.25) is 14.4 Å². The van der Waals surface area contributed by atoms with Crippen LogP contribution in [0, 0.1) is 0 Å². The Morgan fingerprint density at radius 1 is 1.12 bits per heavy atom. The largest absolute Gasteiger partial charge is 0.370 e. The molecule has 2 amide bonds. The van der Waals surface area contributed by atoms with Crippen LogP contribution < -0.4 is 11.3 Å². The van der Waals surface area contributed by atoms with E-state index in [1.54, 1.807) is 17.2 Å². The summed E-state index contributed by atoms with van der Waals surface area (Å²) in [5.74, 6) is -0.726. The van der Waals surface area contributed by atoms with Crippen LogP contribution in [0.2, 0.25) is 0 Å². The molecular weight excluding hydrogens is 318 g/mol. The van der Waals surface area contributed by atoms with Crippen molar-refractivity contribution in [2.24, 2.45) is 5.73 Å². The Hall–Kier alpha value is -2.89. The Labute approximate surface area is 146 Å². The smallest absolute Gasteiger partial charge is 0.254 e. The number of aryl methyl sites for hydroxylation is 1. The van der Waals surface area contributed by atoms with Crippen molar-refractivity contribution in [1.29, 1.82) is 0 Å². The number of benzene rings is 1. The van der Waals surface area contributed by atoms with Crippen LogP contribution in [-0.4, -0.2) is 34.4 Å². The Kier molecular flexibility index (Phi) is 6.51. The molecule has 1 aromatic carbocycles. The Bertz CT molecular complexity index is 784.